The minimum absolute atomic E-state index is 0.248. The van der Waals surface area contributed by atoms with Gasteiger partial charge in [0.05, 0.1) is 39.6 Å². The third kappa shape index (κ3) is 6.10. The molecule has 0 amide bonds. The van der Waals surface area contributed by atoms with Crippen LogP contribution in [0.15, 0.2) is 98.7 Å². The Morgan fingerprint density at radius 2 is 1.83 bits per heavy atom. The highest BCUT2D eigenvalue weighted by Crippen LogP contribution is 2.32. The molecule has 0 bridgehead atoms. The molecule has 0 spiro atoms. The summed E-state index contributed by atoms with van der Waals surface area (Å²) >= 11 is 2.89. The van der Waals surface area contributed by atoms with Crippen molar-refractivity contribution in [1.29, 1.82) is 5.26 Å². The van der Waals surface area contributed by atoms with E-state index < -0.39 is 12.0 Å². The van der Waals surface area contributed by atoms with Crippen molar-refractivity contribution in [3.05, 3.63) is 126 Å². The van der Waals surface area contributed by atoms with Gasteiger partial charge in [0.2, 0.25) is 0 Å². The lowest BCUT2D eigenvalue weighted by Gasteiger charge is -2.25. The van der Waals surface area contributed by atoms with Crippen LogP contribution < -0.4 is 19.6 Å². The van der Waals surface area contributed by atoms with Crippen molar-refractivity contribution < 1.29 is 14.3 Å². The number of carbonyl (C=O) groups is 1. The van der Waals surface area contributed by atoms with Crippen LogP contribution in [0.5, 0.6) is 5.75 Å². The topological polar surface area (TPSA) is 93.7 Å². The Morgan fingerprint density at radius 3 is 2.50 bits per heavy atom. The molecule has 2 heterocycles. The van der Waals surface area contributed by atoms with Crippen molar-refractivity contribution in [2.24, 2.45) is 4.99 Å². The van der Waals surface area contributed by atoms with Gasteiger partial charge in [-0.15, -0.1) is 11.8 Å². The molecule has 0 unspecified atom stereocenters. The zero-order chi connectivity index (χ0) is 29.8. The van der Waals surface area contributed by atoms with Gasteiger partial charge in [0, 0.05) is 10.5 Å². The van der Waals surface area contributed by atoms with Crippen LogP contribution in [0, 0.1) is 11.3 Å². The van der Waals surface area contributed by atoms with E-state index in [1.54, 1.807) is 55.3 Å². The summed E-state index contributed by atoms with van der Waals surface area (Å²) in [6.45, 7) is 5.69. The number of thioether (sulfide) groups is 1. The number of allylic oxidation sites excluding steroid dienone is 1. The fourth-order valence-electron chi connectivity index (χ4n) is 4.67. The second-order valence-corrected chi connectivity index (χ2v) is 11.8. The molecule has 0 radical (unpaired) electrons. The number of hydrogen-bond acceptors (Lipinski definition) is 8. The molecule has 5 rings (SSSR count). The summed E-state index contributed by atoms with van der Waals surface area (Å²) in [6, 6.07) is 24.0. The number of thiazole rings is 1. The predicted octanol–water partition coefficient (Wildman–Crippen LogP) is 5.36. The van der Waals surface area contributed by atoms with Gasteiger partial charge in [-0.1, -0.05) is 53.8 Å². The lowest BCUT2D eigenvalue weighted by Crippen LogP contribution is -2.40. The molecule has 3 aromatic carbocycles. The summed E-state index contributed by atoms with van der Waals surface area (Å²) in [5.41, 5.74) is 3.69. The Kier molecular flexibility index (Phi) is 8.76. The summed E-state index contributed by atoms with van der Waals surface area (Å²) in [5.74, 6) is 0.135. The summed E-state index contributed by atoms with van der Waals surface area (Å²) in [7, 11) is 0. The smallest absolute Gasteiger partial charge is 0.338 e. The molecule has 7 nitrogen and oxygen atoms in total. The Hall–Kier alpha value is -4.39. The third-order valence-electron chi connectivity index (χ3n) is 6.70. The predicted molar refractivity (Wildman–Crippen MR) is 165 cm³/mol. The maximum absolute atomic E-state index is 14.0. The molecule has 4 aromatic rings. The fourth-order valence-corrected chi connectivity index (χ4v) is 6.12. The number of esters is 1. The Morgan fingerprint density at radius 1 is 1.12 bits per heavy atom. The lowest BCUT2D eigenvalue weighted by atomic mass is 9.96. The van der Waals surface area contributed by atoms with Gasteiger partial charge in [-0.3, -0.25) is 9.36 Å². The van der Waals surface area contributed by atoms with E-state index in [1.807, 2.05) is 66.9 Å². The van der Waals surface area contributed by atoms with Gasteiger partial charge in [0.1, 0.15) is 12.4 Å². The first-order valence-electron chi connectivity index (χ1n) is 13.4. The molecule has 1 aliphatic rings. The minimum atomic E-state index is -0.673. The molecule has 1 atom stereocenters. The maximum Gasteiger partial charge on any atom is 0.338 e. The van der Waals surface area contributed by atoms with Crippen LogP contribution in [0.4, 0.5) is 0 Å². The van der Waals surface area contributed by atoms with Crippen LogP contribution in [0.25, 0.3) is 6.08 Å². The average molecular weight is 596 g/mol. The summed E-state index contributed by atoms with van der Waals surface area (Å²) < 4.78 is 13.8. The van der Waals surface area contributed by atoms with E-state index in [0.29, 0.717) is 38.5 Å². The molecule has 0 N–H and O–H groups in total. The van der Waals surface area contributed by atoms with Gasteiger partial charge in [-0.25, -0.2) is 9.79 Å². The molecule has 0 saturated heterocycles. The van der Waals surface area contributed by atoms with E-state index in [1.165, 1.54) is 11.3 Å². The second kappa shape index (κ2) is 12.6. The maximum atomic E-state index is 14.0. The first kappa shape index (κ1) is 29.1. The molecular weight excluding hydrogens is 567 g/mol. The van der Waals surface area contributed by atoms with Crippen molar-refractivity contribution >= 4 is 35.1 Å². The number of carbonyl (C=O) groups excluding carboxylic acids is 1. The van der Waals surface area contributed by atoms with Gasteiger partial charge in [-0.2, -0.15) is 5.26 Å². The number of hydrogen-bond donors (Lipinski definition) is 0. The monoisotopic (exact) mass is 595 g/mol. The zero-order valence-electron chi connectivity index (χ0n) is 23.7. The van der Waals surface area contributed by atoms with E-state index >= 15 is 0 Å². The van der Waals surface area contributed by atoms with E-state index in [0.717, 1.165) is 21.6 Å². The molecule has 0 aliphatic carbocycles. The molecular formula is C33H29N3O4S2. The SMILES string of the molecule is CSc1ccc([C@H]2C(C(=O)OC(C)C)=C(C)N=c3s/c(=C\c4ccccc4OCc4ccc(C#N)cc4)c(=O)n32)cc1. The highest BCUT2D eigenvalue weighted by Gasteiger charge is 2.33. The van der Waals surface area contributed by atoms with Crippen LogP contribution in [0.3, 0.4) is 0 Å². The number of rotatable bonds is 8. The van der Waals surface area contributed by atoms with Crippen LogP contribution in [0.2, 0.25) is 0 Å². The van der Waals surface area contributed by atoms with E-state index in [9.17, 15) is 9.59 Å². The number of para-hydroxylation sites is 1. The largest absolute Gasteiger partial charge is 0.488 e. The Labute approximate surface area is 252 Å². The molecule has 0 fully saturated rings. The van der Waals surface area contributed by atoms with Crippen molar-refractivity contribution in [3.63, 3.8) is 0 Å². The molecule has 1 aliphatic heterocycles. The summed E-state index contributed by atoms with van der Waals surface area (Å²) in [6.07, 6.45) is 3.49. The van der Waals surface area contributed by atoms with Gasteiger partial charge < -0.3 is 9.47 Å². The molecule has 0 saturated carbocycles. The molecule has 212 valence electrons. The van der Waals surface area contributed by atoms with Crippen molar-refractivity contribution in [3.8, 4) is 11.8 Å². The summed E-state index contributed by atoms with van der Waals surface area (Å²) in [5, 5.41) is 9.04. The Balaban J connectivity index is 1.57. The highest BCUT2D eigenvalue weighted by molar-refractivity contribution is 7.98. The number of benzene rings is 3. The molecule has 1 aromatic heterocycles. The second-order valence-electron chi connectivity index (χ2n) is 9.94. The number of nitrogens with zero attached hydrogens (tertiary/aromatic N) is 3. The van der Waals surface area contributed by atoms with Gasteiger partial charge >= 0.3 is 5.97 Å². The third-order valence-corrected chi connectivity index (χ3v) is 8.43. The molecule has 42 heavy (non-hydrogen) atoms. The van der Waals surface area contributed by atoms with E-state index in [-0.39, 0.29) is 11.7 Å². The van der Waals surface area contributed by atoms with Crippen molar-refractivity contribution in [2.75, 3.05) is 6.26 Å². The van der Waals surface area contributed by atoms with Gasteiger partial charge in [0.15, 0.2) is 4.80 Å². The number of ether oxygens (including phenoxy) is 2. The standard InChI is InChI=1S/C33H29N3O4S2/c1-20(2)40-32(38)29-21(3)35-33-36(30(29)24-13-15-26(41-4)16-14-24)31(37)28(42-33)17-25-7-5-6-8-27(25)39-19-23-11-9-22(18-34)10-12-23/h5-17,20,30H,19H2,1-4H3/b28-17-/t30-/m0/s1. The quantitative estimate of drug-likeness (QED) is 0.201. The number of fused-ring (bicyclic) bond motifs is 1. The highest BCUT2D eigenvalue weighted by atomic mass is 32.2. The van der Waals surface area contributed by atoms with Crippen LogP contribution in [-0.4, -0.2) is 22.9 Å². The van der Waals surface area contributed by atoms with E-state index in [2.05, 4.69) is 11.1 Å². The van der Waals surface area contributed by atoms with Gasteiger partial charge in [0.25, 0.3) is 5.56 Å². The first-order chi connectivity index (χ1) is 20.3. The fraction of sp³-hybridized carbons (Fsp3) is 0.212. The van der Waals surface area contributed by atoms with Crippen molar-refractivity contribution in [1.82, 2.24) is 4.57 Å². The normalized spacial score (nSPS) is 14.8. The van der Waals surface area contributed by atoms with Crippen LogP contribution in [-0.2, 0) is 16.1 Å². The summed E-state index contributed by atoms with van der Waals surface area (Å²) in [4.78, 5) is 33.6. The van der Waals surface area contributed by atoms with Gasteiger partial charge in [-0.05, 0) is 74.6 Å². The minimum Gasteiger partial charge on any atom is -0.488 e. The van der Waals surface area contributed by atoms with Crippen LogP contribution in [0.1, 0.15) is 49.1 Å². The number of nitriles is 1. The zero-order valence-corrected chi connectivity index (χ0v) is 25.3. The molecule has 9 heteroatoms. The average Bonchev–Trinajstić information content (AvgIpc) is 3.29. The van der Waals surface area contributed by atoms with Crippen molar-refractivity contribution in [2.45, 2.75) is 44.4 Å². The Bertz CT molecular complexity index is 1880. The van der Waals surface area contributed by atoms with E-state index in [4.69, 9.17) is 14.7 Å². The first-order valence-corrected chi connectivity index (χ1v) is 15.4. The number of aromatic nitrogens is 1. The van der Waals surface area contributed by atoms with Crippen LogP contribution >= 0.6 is 23.1 Å². The lowest BCUT2D eigenvalue weighted by molar-refractivity contribution is -0.143.